The molecule has 2 aliphatic rings. The zero-order chi connectivity index (χ0) is 22.2. The first-order valence-electron chi connectivity index (χ1n) is 10.6. The van der Waals surface area contributed by atoms with E-state index in [1.807, 2.05) is 18.2 Å². The SMILES string of the molecule is CC(C)(C)c1ccc2c(c1)OCC(=O)N2CC(=O)N1CCN(c2ccc(F)cc2)CC1. The number of nitrogens with zero attached hydrogens (tertiary/aromatic N) is 3. The van der Waals surface area contributed by atoms with Crippen LogP contribution in [-0.2, 0) is 15.0 Å². The molecule has 7 heteroatoms. The molecule has 2 amide bonds. The summed E-state index contributed by atoms with van der Waals surface area (Å²) in [6.07, 6.45) is 0. The molecule has 2 heterocycles. The van der Waals surface area contributed by atoms with Gasteiger partial charge < -0.3 is 14.5 Å². The van der Waals surface area contributed by atoms with E-state index in [0.717, 1.165) is 11.3 Å². The van der Waals surface area contributed by atoms with Crippen molar-refractivity contribution in [3.05, 3.63) is 53.8 Å². The summed E-state index contributed by atoms with van der Waals surface area (Å²) >= 11 is 0. The zero-order valence-electron chi connectivity index (χ0n) is 18.2. The molecule has 164 valence electrons. The minimum atomic E-state index is -0.261. The summed E-state index contributed by atoms with van der Waals surface area (Å²) in [6.45, 7) is 8.75. The van der Waals surface area contributed by atoms with Crippen molar-refractivity contribution in [1.82, 2.24) is 4.90 Å². The summed E-state index contributed by atoms with van der Waals surface area (Å²) in [7, 11) is 0. The maximum absolute atomic E-state index is 13.1. The van der Waals surface area contributed by atoms with Gasteiger partial charge in [0.1, 0.15) is 18.1 Å². The molecular weight excluding hydrogens is 397 g/mol. The Balaban J connectivity index is 1.42. The van der Waals surface area contributed by atoms with E-state index < -0.39 is 0 Å². The molecule has 0 radical (unpaired) electrons. The molecular formula is C24H28FN3O3. The van der Waals surface area contributed by atoms with Crippen LogP contribution in [0.5, 0.6) is 5.75 Å². The summed E-state index contributed by atoms with van der Waals surface area (Å²) in [4.78, 5) is 30.9. The summed E-state index contributed by atoms with van der Waals surface area (Å²) in [5.41, 5.74) is 2.66. The van der Waals surface area contributed by atoms with Gasteiger partial charge in [0.15, 0.2) is 6.61 Å². The molecule has 31 heavy (non-hydrogen) atoms. The number of rotatable bonds is 3. The fourth-order valence-corrected chi connectivity index (χ4v) is 3.95. The lowest BCUT2D eigenvalue weighted by molar-refractivity contribution is -0.132. The summed E-state index contributed by atoms with van der Waals surface area (Å²) in [5, 5.41) is 0. The van der Waals surface area contributed by atoms with Gasteiger partial charge in [0.2, 0.25) is 5.91 Å². The van der Waals surface area contributed by atoms with Crippen LogP contribution in [0.4, 0.5) is 15.8 Å². The number of benzene rings is 2. The van der Waals surface area contributed by atoms with Crippen molar-refractivity contribution >= 4 is 23.2 Å². The molecule has 1 fully saturated rings. The Morgan fingerprint density at radius 3 is 2.35 bits per heavy atom. The maximum atomic E-state index is 13.1. The van der Waals surface area contributed by atoms with E-state index >= 15 is 0 Å². The highest BCUT2D eigenvalue weighted by Gasteiger charge is 2.31. The van der Waals surface area contributed by atoms with E-state index in [4.69, 9.17) is 4.74 Å². The van der Waals surface area contributed by atoms with Crippen LogP contribution in [0.25, 0.3) is 0 Å². The van der Waals surface area contributed by atoms with Crippen LogP contribution < -0.4 is 14.5 Å². The van der Waals surface area contributed by atoms with Crippen LogP contribution in [0.15, 0.2) is 42.5 Å². The molecule has 0 atom stereocenters. The lowest BCUT2D eigenvalue weighted by Gasteiger charge is -2.37. The van der Waals surface area contributed by atoms with E-state index in [2.05, 4.69) is 25.7 Å². The van der Waals surface area contributed by atoms with Crippen LogP contribution >= 0.6 is 0 Å². The molecule has 1 saturated heterocycles. The number of hydrogen-bond acceptors (Lipinski definition) is 4. The molecule has 4 rings (SSSR count). The molecule has 6 nitrogen and oxygen atoms in total. The number of hydrogen-bond donors (Lipinski definition) is 0. The lowest BCUT2D eigenvalue weighted by Crippen LogP contribution is -2.53. The number of ether oxygens (including phenoxy) is 1. The Hall–Kier alpha value is -3.09. The van der Waals surface area contributed by atoms with Crippen LogP contribution in [0.1, 0.15) is 26.3 Å². The predicted octanol–water partition coefficient (Wildman–Crippen LogP) is 3.20. The monoisotopic (exact) mass is 425 g/mol. The molecule has 2 aromatic carbocycles. The molecule has 0 bridgehead atoms. The number of halogens is 1. The largest absolute Gasteiger partial charge is 0.482 e. The fourth-order valence-electron chi connectivity index (χ4n) is 3.95. The average Bonchev–Trinajstić information content (AvgIpc) is 2.75. The van der Waals surface area contributed by atoms with Crippen LogP contribution in [0, 0.1) is 5.82 Å². The molecule has 2 aromatic rings. The number of carbonyl (C=O) groups is 2. The highest BCUT2D eigenvalue weighted by Crippen LogP contribution is 2.36. The van der Waals surface area contributed by atoms with Crippen LogP contribution in [-0.4, -0.2) is 56.0 Å². The van der Waals surface area contributed by atoms with Crippen molar-refractivity contribution in [1.29, 1.82) is 0 Å². The second-order valence-corrected chi connectivity index (χ2v) is 9.05. The lowest BCUT2D eigenvalue weighted by atomic mass is 9.86. The van der Waals surface area contributed by atoms with Crippen LogP contribution in [0.2, 0.25) is 0 Å². The van der Waals surface area contributed by atoms with Crippen LogP contribution in [0.3, 0.4) is 0 Å². The summed E-state index contributed by atoms with van der Waals surface area (Å²) in [5.74, 6) is 0.0813. The van der Waals surface area contributed by atoms with Gasteiger partial charge in [-0.2, -0.15) is 0 Å². The van der Waals surface area contributed by atoms with Gasteiger partial charge >= 0.3 is 0 Å². The van der Waals surface area contributed by atoms with E-state index in [1.165, 1.54) is 17.0 Å². The first kappa shape index (κ1) is 21.2. The number of piperazine rings is 1. The second-order valence-electron chi connectivity index (χ2n) is 9.05. The first-order chi connectivity index (χ1) is 14.7. The standard InChI is InChI=1S/C24H28FN3O3/c1-24(2,3)17-4-9-20-21(14-17)31-16-23(30)28(20)15-22(29)27-12-10-26(11-13-27)19-7-5-18(25)6-8-19/h4-9,14H,10-13,15-16H2,1-3H3. The maximum Gasteiger partial charge on any atom is 0.265 e. The quantitative estimate of drug-likeness (QED) is 0.758. The number of anilines is 2. The molecule has 0 unspecified atom stereocenters. The normalized spacial score (nSPS) is 16.8. The van der Waals surface area contributed by atoms with Gasteiger partial charge in [0.05, 0.1) is 5.69 Å². The van der Waals surface area contributed by atoms with E-state index in [-0.39, 0.29) is 36.2 Å². The first-order valence-corrected chi connectivity index (χ1v) is 10.6. The summed E-state index contributed by atoms with van der Waals surface area (Å²) < 4.78 is 18.8. The van der Waals surface area contributed by atoms with Gasteiger partial charge in [-0.25, -0.2) is 4.39 Å². The van der Waals surface area contributed by atoms with Crippen molar-refractivity contribution in [2.24, 2.45) is 0 Å². The highest BCUT2D eigenvalue weighted by atomic mass is 19.1. The van der Waals surface area contributed by atoms with Crippen molar-refractivity contribution in [2.45, 2.75) is 26.2 Å². The van der Waals surface area contributed by atoms with Crippen molar-refractivity contribution in [3.8, 4) is 5.75 Å². The smallest absolute Gasteiger partial charge is 0.265 e. The van der Waals surface area contributed by atoms with Crippen molar-refractivity contribution < 1.29 is 18.7 Å². The van der Waals surface area contributed by atoms with Crippen molar-refractivity contribution in [2.75, 3.05) is 49.1 Å². The van der Waals surface area contributed by atoms with E-state index in [0.29, 0.717) is 37.6 Å². The Labute approximate surface area is 182 Å². The Kier molecular flexibility index (Phi) is 5.60. The van der Waals surface area contributed by atoms with E-state index in [9.17, 15) is 14.0 Å². The second kappa shape index (κ2) is 8.21. The predicted molar refractivity (Wildman–Crippen MR) is 118 cm³/mol. The minimum Gasteiger partial charge on any atom is -0.482 e. The molecule has 0 spiro atoms. The highest BCUT2D eigenvalue weighted by molar-refractivity contribution is 6.02. The number of amides is 2. The van der Waals surface area contributed by atoms with Gasteiger partial charge in [-0.1, -0.05) is 26.8 Å². The van der Waals surface area contributed by atoms with Gasteiger partial charge in [-0.15, -0.1) is 0 Å². The topological polar surface area (TPSA) is 53.1 Å². The van der Waals surface area contributed by atoms with Gasteiger partial charge in [0.25, 0.3) is 5.91 Å². The minimum absolute atomic E-state index is 0.000601. The third-order valence-electron chi connectivity index (χ3n) is 5.89. The Morgan fingerprint density at radius 2 is 1.71 bits per heavy atom. The zero-order valence-corrected chi connectivity index (χ0v) is 18.2. The van der Waals surface area contributed by atoms with Gasteiger partial charge in [-0.3, -0.25) is 14.5 Å². The molecule has 0 aliphatic carbocycles. The van der Waals surface area contributed by atoms with Gasteiger partial charge in [0, 0.05) is 31.9 Å². The molecule has 0 aromatic heterocycles. The third-order valence-corrected chi connectivity index (χ3v) is 5.89. The fraction of sp³-hybridized carbons (Fsp3) is 0.417. The third kappa shape index (κ3) is 4.50. The van der Waals surface area contributed by atoms with Gasteiger partial charge in [-0.05, 0) is 47.4 Å². The molecule has 0 saturated carbocycles. The Bertz CT molecular complexity index is 977. The van der Waals surface area contributed by atoms with Crippen molar-refractivity contribution in [3.63, 3.8) is 0 Å². The number of fused-ring (bicyclic) bond motifs is 1. The molecule has 0 N–H and O–H groups in total. The number of carbonyl (C=O) groups excluding carboxylic acids is 2. The summed E-state index contributed by atoms with van der Waals surface area (Å²) in [6, 6.07) is 12.2. The Morgan fingerprint density at radius 1 is 1.03 bits per heavy atom. The molecule has 2 aliphatic heterocycles. The van der Waals surface area contributed by atoms with E-state index in [1.54, 1.807) is 17.0 Å². The average molecular weight is 426 g/mol.